The van der Waals surface area contributed by atoms with Crippen molar-refractivity contribution in [3.8, 4) is 11.1 Å². The van der Waals surface area contributed by atoms with Crippen molar-refractivity contribution in [1.29, 1.82) is 0 Å². The summed E-state index contributed by atoms with van der Waals surface area (Å²) in [7, 11) is 0. The van der Waals surface area contributed by atoms with Crippen LogP contribution in [-0.4, -0.2) is 0 Å². The molecule has 0 aliphatic carbocycles. The van der Waals surface area contributed by atoms with Gasteiger partial charge in [0.15, 0.2) is 11.2 Å². The average Bonchev–Trinajstić information content (AvgIpc) is 3.87. The van der Waals surface area contributed by atoms with Crippen molar-refractivity contribution in [1.82, 2.24) is 0 Å². The molecule has 0 saturated heterocycles. The monoisotopic (exact) mass is 796 g/mol. The maximum Gasteiger partial charge on any atom is 0.179 e. The summed E-state index contributed by atoms with van der Waals surface area (Å²) in [6.45, 7) is 4.33. The zero-order chi connectivity index (χ0) is 41.3. The van der Waals surface area contributed by atoms with Crippen molar-refractivity contribution < 1.29 is 8.83 Å². The standard InChI is InChI=1S/C58H40N2O2/c1-37-16-12-14-24-52(37)59(44-20-8-4-9-21-44)46-28-26-40-32-49-50-36-48(39-18-6-3-7-19-39)56-51-33-41-27-29-47(60(45-22-10-5-11-23-45)53-25-15-13-17-38(53)2)31-43(41)35-55(51)62-58(56)57(50)61-54(49)34-42(40)30-46/h3-36H,1-2H3. The molecule has 2 heterocycles. The van der Waals surface area contributed by atoms with E-state index in [1.165, 1.54) is 11.1 Å². The summed E-state index contributed by atoms with van der Waals surface area (Å²) in [5.74, 6) is 0. The molecule has 0 amide bonds. The van der Waals surface area contributed by atoms with Gasteiger partial charge in [-0.05, 0) is 149 Å². The van der Waals surface area contributed by atoms with Gasteiger partial charge in [-0.25, -0.2) is 0 Å². The Kier molecular flexibility index (Phi) is 8.26. The lowest BCUT2D eigenvalue weighted by Gasteiger charge is -2.27. The highest BCUT2D eigenvalue weighted by Crippen LogP contribution is 2.47. The molecule has 0 aliphatic heterocycles. The summed E-state index contributed by atoms with van der Waals surface area (Å²) in [4.78, 5) is 4.66. The average molecular weight is 797 g/mol. The Balaban J connectivity index is 1.05. The van der Waals surface area contributed by atoms with Crippen LogP contribution in [0.5, 0.6) is 0 Å². The Morgan fingerprint density at radius 3 is 1.35 bits per heavy atom. The van der Waals surface area contributed by atoms with Crippen molar-refractivity contribution in [3.05, 3.63) is 217 Å². The molecule has 62 heavy (non-hydrogen) atoms. The van der Waals surface area contributed by atoms with Crippen LogP contribution >= 0.6 is 0 Å². The van der Waals surface area contributed by atoms with Crippen LogP contribution in [0.25, 0.3) is 76.5 Å². The molecule has 0 radical (unpaired) electrons. The van der Waals surface area contributed by atoms with E-state index in [9.17, 15) is 0 Å². The van der Waals surface area contributed by atoms with Crippen LogP contribution < -0.4 is 9.80 Å². The number of rotatable bonds is 7. The number of anilines is 6. The van der Waals surface area contributed by atoms with Gasteiger partial charge in [-0.3, -0.25) is 0 Å². The number of fused-ring (bicyclic) bond motifs is 9. The minimum absolute atomic E-state index is 0.756. The van der Waals surface area contributed by atoms with Crippen molar-refractivity contribution in [3.63, 3.8) is 0 Å². The lowest BCUT2D eigenvalue weighted by molar-refractivity contribution is 0.634. The number of nitrogens with zero attached hydrogens (tertiary/aromatic N) is 2. The number of hydrogen-bond donors (Lipinski definition) is 0. The number of furan rings is 2. The zero-order valence-electron chi connectivity index (χ0n) is 34.3. The van der Waals surface area contributed by atoms with Crippen molar-refractivity contribution in [2.24, 2.45) is 0 Å². The third-order valence-corrected chi connectivity index (χ3v) is 12.4. The normalized spacial score (nSPS) is 11.7. The van der Waals surface area contributed by atoms with E-state index in [-0.39, 0.29) is 0 Å². The van der Waals surface area contributed by atoms with Gasteiger partial charge in [0.05, 0.1) is 0 Å². The Morgan fingerprint density at radius 2 is 0.806 bits per heavy atom. The molecule has 12 aromatic rings. The summed E-state index contributed by atoms with van der Waals surface area (Å²) >= 11 is 0. The molecule has 0 spiro atoms. The largest absolute Gasteiger partial charge is 0.452 e. The van der Waals surface area contributed by atoms with E-state index in [4.69, 9.17) is 8.83 Å². The first-order valence-electron chi connectivity index (χ1n) is 21.2. The number of aryl methyl sites for hydroxylation is 2. The van der Waals surface area contributed by atoms with Gasteiger partial charge in [0, 0.05) is 55.7 Å². The quantitative estimate of drug-likeness (QED) is 0.161. The summed E-state index contributed by atoms with van der Waals surface area (Å²) in [6, 6.07) is 73.6. The van der Waals surface area contributed by atoms with Crippen molar-refractivity contribution in [2.45, 2.75) is 13.8 Å². The van der Waals surface area contributed by atoms with Crippen LogP contribution in [0, 0.1) is 13.8 Å². The summed E-state index contributed by atoms with van der Waals surface area (Å²) in [5.41, 5.74) is 14.5. The van der Waals surface area contributed by atoms with Gasteiger partial charge in [-0.15, -0.1) is 0 Å². The number of hydrogen-bond acceptors (Lipinski definition) is 4. The minimum Gasteiger partial charge on any atom is -0.452 e. The van der Waals surface area contributed by atoms with Gasteiger partial charge in [-0.2, -0.15) is 0 Å². The maximum absolute atomic E-state index is 7.00. The first-order chi connectivity index (χ1) is 30.6. The summed E-state index contributed by atoms with van der Waals surface area (Å²) < 4.78 is 13.9. The van der Waals surface area contributed by atoms with E-state index in [0.29, 0.717) is 0 Å². The third-order valence-electron chi connectivity index (χ3n) is 12.4. The van der Waals surface area contributed by atoms with Gasteiger partial charge in [0.2, 0.25) is 0 Å². The van der Waals surface area contributed by atoms with Crippen LogP contribution in [0.15, 0.2) is 215 Å². The van der Waals surface area contributed by atoms with Gasteiger partial charge < -0.3 is 18.6 Å². The Labute approximate surface area is 359 Å². The maximum atomic E-state index is 7.00. The number of benzene rings is 10. The van der Waals surface area contributed by atoms with Crippen LogP contribution in [-0.2, 0) is 0 Å². The van der Waals surface area contributed by atoms with E-state index in [0.717, 1.165) is 111 Å². The van der Waals surface area contributed by atoms with Crippen LogP contribution in [0.4, 0.5) is 34.1 Å². The van der Waals surface area contributed by atoms with Crippen LogP contribution in [0.1, 0.15) is 11.1 Å². The van der Waals surface area contributed by atoms with E-state index in [1.54, 1.807) is 0 Å². The predicted molar refractivity (Wildman–Crippen MR) is 260 cm³/mol. The molecule has 10 aromatic carbocycles. The molecule has 0 unspecified atom stereocenters. The Bertz CT molecular complexity index is 3660. The fourth-order valence-corrected chi connectivity index (χ4v) is 9.39. The first kappa shape index (κ1) is 35.8. The molecule has 0 aliphatic rings. The van der Waals surface area contributed by atoms with E-state index >= 15 is 0 Å². The lowest BCUT2D eigenvalue weighted by Crippen LogP contribution is -2.11. The van der Waals surface area contributed by atoms with Gasteiger partial charge in [0.25, 0.3) is 0 Å². The minimum atomic E-state index is 0.756. The highest BCUT2D eigenvalue weighted by molar-refractivity contribution is 6.26. The van der Waals surface area contributed by atoms with Crippen molar-refractivity contribution >= 4 is 99.5 Å². The molecular weight excluding hydrogens is 757 g/mol. The smallest absolute Gasteiger partial charge is 0.179 e. The van der Waals surface area contributed by atoms with Crippen LogP contribution in [0.3, 0.4) is 0 Å². The highest BCUT2D eigenvalue weighted by Gasteiger charge is 2.23. The summed E-state index contributed by atoms with van der Waals surface area (Å²) in [6.07, 6.45) is 0. The molecule has 0 N–H and O–H groups in total. The second-order valence-electron chi connectivity index (χ2n) is 16.2. The van der Waals surface area contributed by atoms with E-state index < -0.39 is 0 Å². The molecule has 294 valence electrons. The van der Waals surface area contributed by atoms with Crippen molar-refractivity contribution in [2.75, 3.05) is 9.80 Å². The second kappa shape index (κ2) is 14.3. The molecule has 0 saturated carbocycles. The van der Waals surface area contributed by atoms with Gasteiger partial charge in [0.1, 0.15) is 11.2 Å². The molecule has 0 atom stereocenters. The molecule has 4 heteroatoms. The SMILES string of the molecule is Cc1ccccc1N(c1ccccc1)c1ccc2cc3c(cc2c1)oc1c3cc(-c2ccccc2)c2c3cc4ccc(N(c5ccccc5)c5ccccc5C)cc4cc3oc12. The second-order valence-corrected chi connectivity index (χ2v) is 16.2. The predicted octanol–water partition coefficient (Wildman–Crippen LogP) is 17.0. The molecule has 2 aromatic heterocycles. The third kappa shape index (κ3) is 5.83. The fourth-order valence-electron chi connectivity index (χ4n) is 9.39. The van der Waals surface area contributed by atoms with E-state index in [2.05, 4.69) is 230 Å². The molecule has 0 bridgehead atoms. The highest BCUT2D eigenvalue weighted by atomic mass is 16.4. The molecular formula is C58H40N2O2. The zero-order valence-corrected chi connectivity index (χ0v) is 34.3. The Morgan fingerprint density at radius 1 is 0.339 bits per heavy atom. The molecule has 4 nitrogen and oxygen atoms in total. The lowest BCUT2D eigenvalue weighted by atomic mass is 9.95. The van der Waals surface area contributed by atoms with Gasteiger partial charge in [-0.1, -0.05) is 115 Å². The van der Waals surface area contributed by atoms with Crippen LogP contribution in [0.2, 0.25) is 0 Å². The van der Waals surface area contributed by atoms with E-state index in [1.807, 2.05) is 0 Å². The van der Waals surface area contributed by atoms with Gasteiger partial charge >= 0.3 is 0 Å². The summed E-state index contributed by atoms with van der Waals surface area (Å²) in [5, 5.41) is 8.70. The topological polar surface area (TPSA) is 32.8 Å². The molecule has 12 rings (SSSR count). The fraction of sp³-hybridized carbons (Fsp3) is 0.0345. The number of para-hydroxylation sites is 4. The molecule has 0 fully saturated rings. The Hall–Kier alpha value is -8.08. The first-order valence-corrected chi connectivity index (χ1v) is 21.2.